The summed E-state index contributed by atoms with van der Waals surface area (Å²) >= 11 is 5.68. The molecule has 0 aromatic carbocycles. The van der Waals surface area contributed by atoms with Crippen molar-refractivity contribution in [1.82, 2.24) is 8.61 Å². The smallest absolute Gasteiger partial charge is 0.195 e. The molecule has 1 aliphatic rings. The highest BCUT2D eigenvalue weighted by Crippen LogP contribution is 2.18. The van der Waals surface area contributed by atoms with E-state index in [2.05, 4.69) is 0 Å². The predicted molar refractivity (Wildman–Crippen MR) is 76.1 cm³/mol. The first kappa shape index (κ1) is 16.2. The van der Waals surface area contributed by atoms with Gasteiger partial charge in [0.25, 0.3) is 10.2 Å². The Bertz CT molecular complexity index is 325. The van der Waals surface area contributed by atoms with Gasteiger partial charge in [0.05, 0.1) is 0 Å². The topological polar surface area (TPSA) is 40.6 Å². The molecule has 0 aromatic rings. The van der Waals surface area contributed by atoms with Gasteiger partial charge in [-0.2, -0.15) is 17.0 Å². The molecule has 0 amide bonds. The first-order valence-corrected chi connectivity index (χ1v) is 8.76. The molecule has 0 unspecified atom stereocenters. The molecule has 0 N–H and O–H groups in total. The summed E-state index contributed by atoms with van der Waals surface area (Å²) in [5, 5.41) is 0. The maximum absolute atomic E-state index is 12.6. The third-order valence-corrected chi connectivity index (χ3v) is 5.76. The van der Waals surface area contributed by atoms with E-state index in [9.17, 15) is 8.42 Å². The molecule has 0 atom stereocenters. The van der Waals surface area contributed by atoms with E-state index in [1.165, 1.54) is 0 Å². The van der Waals surface area contributed by atoms with Crippen LogP contribution in [0.5, 0.6) is 0 Å². The Kier molecular flexibility index (Phi) is 6.92. The minimum atomic E-state index is -3.31. The van der Waals surface area contributed by atoms with Crippen molar-refractivity contribution in [3.8, 4) is 0 Å². The van der Waals surface area contributed by atoms with E-state index < -0.39 is 10.2 Å². The molecule has 18 heavy (non-hydrogen) atoms. The number of alkyl halides is 1. The van der Waals surface area contributed by atoms with Crippen LogP contribution in [0.25, 0.3) is 0 Å². The predicted octanol–water partition coefficient (Wildman–Crippen LogP) is 2.45. The van der Waals surface area contributed by atoms with E-state index in [0.29, 0.717) is 31.9 Å². The van der Waals surface area contributed by atoms with Gasteiger partial charge in [0.15, 0.2) is 0 Å². The maximum Gasteiger partial charge on any atom is 0.282 e. The van der Waals surface area contributed by atoms with E-state index in [1.807, 2.05) is 13.8 Å². The van der Waals surface area contributed by atoms with Gasteiger partial charge < -0.3 is 0 Å². The summed E-state index contributed by atoms with van der Waals surface area (Å²) in [6.45, 7) is 5.67. The Balaban J connectivity index is 2.78. The van der Waals surface area contributed by atoms with Crippen LogP contribution >= 0.6 is 11.6 Å². The van der Waals surface area contributed by atoms with Crippen LogP contribution in [0.4, 0.5) is 0 Å². The standard InChI is InChI=1S/C12H25ClN2O2S/c1-12(2)15(11-7-8-13)18(16,17)14-9-5-3-4-6-10-14/h12H,3-11H2,1-2H3. The third-order valence-electron chi connectivity index (χ3n) is 3.28. The quantitative estimate of drug-likeness (QED) is 0.707. The van der Waals surface area contributed by atoms with Gasteiger partial charge in [0, 0.05) is 31.6 Å². The molecule has 4 nitrogen and oxygen atoms in total. The lowest BCUT2D eigenvalue weighted by molar-refractivity contribution is 0.306. The lowest BCUT2D eigenvalue weighted by Crippen LogP contribution is -2.47. The number of nitrogens with zero attached hydrogens (tertiary/aromatic N) is 2. The summed E-state index contributed by atoms with van der Waals surface area (Å²) in [6.07, 6.45) is 4.92. The fourth-order valence-electron chi connectivity index (χ4n) is 2.28. The molecule has 1 heterocycles. The van der Waals surface area contributed by atoms with Crippen LogP contribution in [0.15, 0.2) is 0 Å². The summed E-state index contributed by atoms with van der Waals surface area (Å²) < 4.78 is 28.4. The van der Waals surface area contributed by atoms with Gasteiger partial charge in [-0.3, -0.25) is 0 Å². The monoisotopic (exact) mass is 296 g/mol. The first-order valence-electron chi connectivity index (χ1n) is 6.83. The normalized spacial score (nSPS) is 19.4. The van der Waals surface area contributed by atoms with Gasteiger partial charge in [0.1, 0.15) is 0 Å². The van der Waals surface area contributed by atoms with Gasteiger partial charge in [-0.1, -0.05) is 12.8 Å². The van der Waals surface area contributed by atoms with Crippen molar-refractivity contribution in [3.63, 3.8) is 0 Å². The average Bonchev–Trinajstić information content (AvgIpc) is 2.57. The Labute approximate surface area is 116 Å². The number of hydrogen-bond donors (Lipinski definition) is 0. The second-order valence-corrected chi connectivity index (χ2v) is 7.33. The Hall–Kier alpha value is 0.160. The summed E-state index contributed by atoms with van der Waals surface area (Å²) in [5.41, 5.74) is 0. The van der Waals surface area contributed by atoms with Crippen molar-refractivity contribution < 1.29 is 8.42 Å². The Morgan fingerprint density at radius 3 is 2.17 bits per heavy atom. The zero-order chi connectivity index (χ0) is 13.6. The van der Waals surface area contributed by atoms with Crippen LogP contribution in [0.2, 0.25) is 0 Å². The average molecular weight is 297 g/mol. The largest absolute Gasteiger partial charge is 0.282 e. The molecule has 0 spiro atoms. The molecule has 1 saturated heterocycles. The fourth-order valence-corrected chi connectivity index (χ4v) is 4.30. The molecule has 1 fully saturated rings. The molecule has 108 valence electrons. The van der Waals surface area contributed by atoms with E-state index in [0.717, 1.165) is 25.7 Å². The highest BCUT2D eigenvalue weighted by atomic mass is 35.5. The van der Waals surface area contributed by atoms with E-state index in [1.54, 1.807) is 8.61 Å². The second kappa shape index (κ2) is 7.68. The third kappa shape index (κ3) is 4.37. The van der Waals surface area contributed by atoms with E-state index >= 15 is 0 Å². The van der Waals surface area contributed by atoms with Crippen molar-refractivity contribution in [2.75, 3.05) is 25.5 Å². The van der Waals surface area contributed by atoms with Gasteiger partial charge in [-0.05, 0) is 33.1 Å². The highest BCUT2D eigenvalue weighted by Gasteiger charge is 2.31. The molecule has 0 saturated carbocycles. The second-order valence-electron chi connectivity index (χ2n) is 5.07. The van der Waals surface area contributed by atoms with Crippen LogP contribution in [0.3, 0.4) is 0 Å². The summed E-state index contributed by atoms with van der Waals surface area (Å²) in [4.78, 5) is 0. The summed E-state index contributed by atoms with van der Waals surface area (Å²) in [6, 6.07) is -0.0125. The molecule has 0 radical (unpaired) electrons. The van der Waals surface area contributed by atoms with Crippen LogP contribution in [0, 0.1) is 0 Å². The molecule has 0 aromatic heterocycles. The lowest BCUT2D eigenvalue weighted by atomic mass is 10.2. The zero-order valence-corrected chi connectivity index (χ0v) is 13.0. The van der Waals surface area contributed by atoms with Crippen LogP contribution in [-0.2, 0) is 10.2 Å². The van der Waals surface area contributed by atoms with Crippen molar-refractivity contribution in [3.05, 3.63) is 0 Å². The maximum atomic E-state index is 12.6. The van der Waals surface area contributed by atoms with E-state index in [4.69, 9.17) is 11.6 Å². The van der Waals surface area contributed by atoms with Gasteiger partial charge >= 0.3 is 0 Å². The van der Waals surface area contributed by atoms with Gasteiger partial charge in [-0.15, -0.1) is 11.6 Å². The van der Waals surface area contributed by atoms with Crippen LogP contribution < -0.4 is 0 Å². The Morgan fingerprint density at radius 1 is 1.17 bits per heavy atom. The summed E-state index contributed by atoms with van der Waals surface area (Å²) in [5.74, 6) is 0.499. The van der Waals surface area contributed by atoms with Crippen LogP contribution in [0.1, 0.15) is 46.0 Å². The van der Waals surface area contributed by atoms with Gasteiger partial charge in [-0.25, -0.2) is 0 Å². The minimum absolute atomic E-state index is 0.0125. The number of hydrogen-bond acceptors (Lipinski definition) is 2. The fraction of sp³-hybridized carbons (Fsp3) is 1.00. The first-order chi connectivity index (χ1) is 8.50. The molecule has 0 aliphatic carbocycles. The van der Waals surface area contributed by atoms with Crippen molar-refractivity contribution >= 4 is 21.8 Å². The number of rotatable bonds is 6. The Morgan fingerprint density at radius 2 is 1.72 bits per heavy atom. The zero-order valence-electron chi connectivity index (χ0n) is 11.4. The molecule has 0 bridgehead atoms. The highest BCUT2D eigenvalue weighted by molar-refractivity contribution is 7.86. The van der Waals surface area contributed by atoms with Crippen molar-refractivity contribution in [2.45, 2.75) is 52.0 Å². The molecular formula is C12H25ClN2O2S. The molecule has 1 rings (SSSR count). The van der Waals surface area contributed by atoms with Gasteiger partial charge in [0.2, 0.25) is 0 Å². The molecule has 1 aliphatic heterocycles. The minimum Gasteiger partial charge on any atom is -0.195 e. The van der Waals surface area contributed by atoms with Crippen LogP contribution in [-0.4, -0.2) is 48.6 Å². The molecule has 6 heteroatoms. The SMILES string of the molecule is CC(C)N(CCCCl)S(=O)(=O)N1CCCCCC1. The number of halogens is 1. The lowest BCUT2D eigenvalue weighted by Gasteiger charge is -2.31. The van der Waals surface area contributed by atoms with Crippen molar-refractivity contribution in [2.24, 2.45) is 0 Å². The molecular weight excluding hydrogens is 272 g/mol. The summed E-state index contributed by atoms with van der Waals surface area (Å²) in [7, 11) is -3.31. The van der Waals surface area contributed by atoms with E-state index in [-0.39, 0.29) is 6.04 Å². The van der Waals surface area contributed by atoms with Crippen molar-refractivity contribution in [1.29, 1.82) is 0 Å².